The van der Waals surface area contributed by atoms with Crippen LogP contribution in [0.15, 0.2) is 42.6 Å². The summed E-state index contributed by atoms with van der Waals surface area (Å²) in [5, 5.41) is 0. The van der Waals surface area contributed by atoms with Crippen LogP contribution in [0.3, 0.4) is 0 Å². The molecule has 0 radical (unpaired) electrons. The molecule has 0 saturated carbocycles. The number of carbonyl (C=O) groups excluding carboxylic acids is 1. The molecule has 1 aromatic carbocycles. The van der Waals surface area contributed by atoms with E-state index in [2.05, 4.69) is 11.1 Å². The van der Waals surface area contributed by atoms with Crippen LogP contribution in [-0.2, 0) is 6.42 Å². The molecule has 1 aliphatic rings. The number of aryl methyl sites for hydroxylation is 1. The van der Waals surface area contributed by atoms with E-state index >= 15 is 0 Å². The van der Waals surface area contributed by atoms with Crippen LogP contribution < -0.4 is 0 Å². The number of fused-ring (bicyclic) bond motifs is 1. The summed E-state index contributed by atoms with van der Waals surface area (Å²) in [6.07, 6.45) is 4.40. The summed E-state index contributed by atoms with van der Waals surface area (Å²) in [5.74, 6) is 0.257. The number of nitrogens with zero attached hydrogens (tertiary/aromatic N) is 1. The van der Waals surface area contributed by atoms with Gasteiger partial charge in [0.1, 0.15) is 0 Å². The fourth-order valence-corrected chi connectivity index (χ4v) is 2.44. The molecular weight excluding hydrogens is 210 g/mol. The first-order valence-electron chi connectivity index (χ1n) is 5.93. The van der Waals surface area contributed by atoms with Crippen molar-refractivity contribution in [2.75, 3.05) is 0 Å². The number of aromatic nitrogens is 1. The van der Waals surface area contributed by atoms with Crippen LogP contribution in [0.1, 0.15) is 28.8 Å². The molecule has 0 aliphatic heterocycles. The second-order valence-corrected chi connectivity index (χ2v) is 4.33. The maximum Gasteiger partial charge on any atom is 0.163 e. The fraction of sp³-hybridized carbons (Fsp3) is 0.200. The van der Waals surface area contributed by atoms with Crippen molar-refractivity contribution in [3.63, 3.8) is 0 Å². The fourth-order valence-electron chi connectivity index (χ4n) is 2.44. The Morgan fingerprint density at radius 1 is 1.00 bits per heavy atom. The van der Waals surface area contributed by atoms with Gasteiger partial charge in [0, 0.05) is 23.7 Å². The van der Waals surface area contributed by atoms with E-state index in [-0.39, 0.29) is 5.78 Å². The number of benzene rings is 1. The van der Waals surface area contributed by atoms with Crippen LogP contribution in [0.25, 0.3) is 11.3 Å². The van der Waals surface area contributed by atoms with Crippen molar-refractivity contribution in [3.05, 3.63) is 53.7 Å². The van der Waals surface area contributed by atoms with Gasteiger partial charge < -0.3 is 0 Å². The highest BCUT2D eigenvalue weighted by Gasteiger charge is 2.21. The van der Waals surface area contributed by atoms with Gasteiger partial charge in [0.05, 0.1) is 5.69 Å². The Balaban J connectivity index is 2.21. The van der Waals surface area contributed by atoms with Crippen molar-refractivity contribution in [2.45, 2.75) is 19.3 Å². The second kappa shape index (κ2) is 4.13. The molecule has 2 aromatic rings. The van der Waals surface area contributed by atoms with Crippen molar-refractivity contribution in [2.24, 2.45) is 0 Å². The van der Waals surface area contributed by atoms with Crippen molar-refractivity contribution < 1.29 is 4.79 Å². The van der Waals surface area contributed by atoms with Crippen LogP contribution in [0.2, 0.25) is 0 Å². The van der Waals surface area contributed by atoms with Crippen LogP contribution in [0.4, 0.5) is 0 Å². The maximum absolute atomic E-state index is 12.1. The molecular formula is C15H13NO. The van der Waals surface area contributed by atoms with Gasteiger partial charge in [-0.2, -0.15) is 0 Å². The number of carbonyl (C=O) groups is 1. The van der Waals surface area contributed by atoms with E-state index in [1.165, 1.54) is 5.56 Å². The normalized spacial score (nSPS) is 14.5. The summed E-state index contributed by atoms with van der Waals surface area (Å²) in [6, 6.07) is 11.9. The van der Waals surface area contributed by atoms with Crippen LogP contribution in [0, 0.1) is 0 Å². The highest BCUT2D eigenvalue weighted by Crippen LogP contribution is 2.30. The molecule has 0 unspecified atom stereocenters. The molecule has 17 heavy (non-hydrogen) atoms. The average molecular weight is 223 g/mol. The molecule has 1 heterocycles. The first-order valence-corrected chi connectivity index (χ1v) is 5.93. The first-order chi connectivity index (χ1) is 8.36. The molecule has 0 atom stereocenters. The van der Waals surface area contributed by atoms with E-state index in [1.54, 1.807) is 6.20 Å². The number of hydrogen-bond acceptors (Lipinski definition) is 2. The number of rotatable bonds is 1. The number of ketones is 1. The molecule has 0 amide bonds. The highest BCUT2D eigenvalue weighted by atomic mass is 16.1. The standard InChI is InChI=1S/C15H13NO/c17-14-9-4-6-11-5-3-7-12(15(11)14)13-8-1-2-10-16-13/h1-3,5,7-8,10H,4,6,9H2. The summed E-state index contributed by atoms with van der Waals surface area (Å²) >= 11 is 0. The first kappa shape index (κ1) is 10.2. The maximum atomic E-state index is 12.1. The minimum atomic E-state index is 0.257. The Morgan fingerprint density at radius 3 is 2.76 bits per heavy atom. The van der Waals surface area contributed by atoms with E-state index in [0.29, 0.717) is 6.42 Å². The summed E-state index contributed by atoms with van der Waals surface area (Å²) in [5.41, 5.74) is 3.93. The molecule has 0 saturated heterocycles. The molecule has 3 rings (SSSR count). The Bertz CT molecular complexity index is 560. The molecule has 84 valence electrons. The minimum Gasteiger partial charge on any atom is -0.294 e. The molecule has 0 N–H and O–H groups in total. The zero-order chi connectivity index (χ0) is 11.7. The van der Waals surface area contributed by atoms with Crippen LogP contribution in [0.5, 0.6) is 0 Å². The Hall–Kier alpha value is -1.96. The number of hydrogen-bond donors (Lipinski definition) is 0. The quantitative estimate of drug-likeness (QED) is 0.742. The van der Waals surface area contributed by atoms with Crippen molar-refractivity contribution in [1.29, 1.82) is 0 Å². The molecule has 0 fully saturated rings. The Labute approximate surface area is 100 Å². The van der Waals surface area contributed by atoms with Gasteiger partial charge in [-0.15, -0.1) is 0 Å². The lowest BCUT2D eigenvalue weighted by Gasteiger charge is -2.17. The zero-order valence-corrected chi connectivity index (χ0v) is 9.52. The van der Waals surface area contributed by atoms with Crippen molar-refractivity contribution >= 4 is 5.78 Å². The van der Waals surface area contributed by atoms with E-state index < -0.39 is 0 Å². The number of Topliss-reactive ketones (excluding diaryl/α,β-unsaturated/α-hetero) is 1. The Kier molecular flexibility index (Phi) is 2.48. The zero-order valence-electron chi connectivity index (χ0n) is 9.52. The third-order valence-corrected chi connectivity index (χ3v) is 3.22. The SMILES string of the molecule is O=C1CCCc2cccc(-c3ccccn3)c21. The average Bonchev–Trinajstić information content (AvgIpc) is 2.39. The summed E-state index contributed by atoms with van der Waals surface area (Å²) in [6.45, 7) is 0. The van der Waals surface area contributed by atoms with E-state index in [1.807, 2.05) is 30.3 Å². The molecule has 1 aromatic heterocycles. The topological polar surface area (TPSA) is 30.0 Å². The monoisotopic (exact) mass is 223 g/mol. The molecule has 2 heteroatoms. The molecule has 0 spiro atoms. The van der Waals surface area contributed by atoms with E-state index in [0.717, 1.165) is 29.7 Å². The summed E-state index contributed by atoms with van der Waals surface area (Å²) < 4.78 is 0. The lowest BCUT2D eigenvalue weighted by molar-refractivity contribution is 0.0973. The van der Waals surface area contributed by atoms with Crippen molar-refractivity contribution in [3.8, 4) is 11.3 Å². The largest absolute Gasteiger partial charge is 0.294 e. The van der Waals surface area contributed by atoms with E-state index in [9.17, 15) is 4.79 Å². The highest BCUT2D eigenvalue weighted by molar-refractivity contribution is 6.04. The molecule has 1 aliphatic carbocycles. The predicted molar refractivity (Wildman–Crippen MR) is 66.9 cm³/mol. The van der Waals surface area contributed by atoms with Gasteiger partial charge >= 0.3 is 0 Å². The second-order valence-electron chi connectivity index (χ2n) is 4.33. The van der Waals surface area contributed by atoms with Gasteiger partial charge in [-0.05, 0) is 30.5 Å². The Morgan fingerprint density at radius 2 is 1.94 bits per heavy atom. The van der Waals surface area contributed by atoms with Crippen LogP contribution in [-0.4, -0.2) is 10.8 Å². The van der Waals surface area contributed by atoms with Gasteiger partial charge in [-0.3, -0.25) is 9.78 Å². The lowest BCUT2D eigenvalue weighted by Crippen LogP contribution is -2.12. The van der Waals surface area contributed by atoms with E-state index in [4.69, 9.17) is 0 Å². The molecule has 0 bridgehead atoms. The lowest BCUT2D eigenvalue weighted by atomic mass is 9.86. The molecule has 2 nitrogen and oxygen atoms in total. The van der Waals surface area contributed by atoms with Gasteiger partial charge in [0.15, 0.2) is 5.78 Å². The minimum absolute atomic E-state index is 0.257. The summed E-state index contributed by atoms with van der Waals surface area (Å²) in [7, 11) is 0. The van der Waals surface area contributed by atoms with Gasteiger partial charge in [-0.1, -0.05) is 24.3 Å². The smallest absolute Gasteiger partial charge is 0.163 e. The predicted octanol–water partition coefficient (Wildman–Crippen LogP) is 3.27. The van der Waals surface area contributed by atoms with Gasteiger partial charge in [0.25, 0.3) is 0 Å². The number of pyridine rings is 1. The summed E-state index contributed by atoms with van der Waals surface area (Å²) in [4.78, 5) is 16.4. The third-order valence-electron chi connectivity index (χ3n) is 3.22. The van der Waals surface area contributed by atoms with Crippen LogP contribution >= 0.6 is 0 Å². The third kappa shape index (κ3) is 1.76. The van der Waals surface area contributed by atoms with Gasteiger partial charge in [-0.25, -0.2) is 0 Å². The van der Waals surface area contributed by atoms with Crippen molar-refractivity contribution in [1.82, 2.24) is 4.98 Å². The van der Waals surface area contributed by atoms with Gasteiger partial charge in [0.2, 0.25) is 0 Å².